The summed E-state index contributed by atoms with van der Waals surface area (Å²) in [6.45, 7) is 16.5. The molecule has 1 N–H and O–H groups in total. The SMILES string of the molecule is CC[C@H](CC[C@@H](C)[C@H]1CC[C@H]2C3=CC(=O)[C@@]4(O)C[C@@H](OC(C)=O)[C@@H](OC(C)=O)C[C@]4(C)[C@H]3CC[C@]12C)C(C)C. The smallest absolute Gasteiger partial charge is 0.303 e. The van der Waals surface area contributed by atoms with E-state index < -0.39 is 35.2 Å². The molecule has 4 aliphatic carbocycles. The zero-order chi connectivity index (χ0) is 28.9. The molecule has 6 heteroatoms. The predicted octanol–water partition coefficient (Wildman–Crippen LogP) is 6.43. The molecule has 0 bridgehead atoms. The van der Waals surface area contributed by atoms with Crippen LogP contribution >= 0.6 is 0 Å². The van der Waals surface area contributed by atoms with Crippen molar-refractivity contribution in [3.8, 4) is 0 Å². The van der Waals surface area contributed by atoms with E-state index in [1.807, 2.05) is 6.92 Å². The molecule has 39 heavy (non-hydrogen) atoms. The summed E-state index contributed by atoms with van der Waals surface area (Å²) in [6.07, 6.45) is 8.52. The molecule has 3 fully saturated rings. The molecule has 4 aliphatic rings. The lowest BCUT2D eigenvalue weighted by Crippen LogP contribution is -2.67. The van der Waals surface area contributed by atoms with Crippen molar-refractivity contribution in [2.24, 2.45) is 46.3 Å². The van der Waals surface area contributed by atoms with E-state index in [2.05, 4.69) is 34.6 Å². The number of hydrogen-bond donors (Lipinski definition) is 1. The van der Waals surface area contributed by atoms with E-state index in [1.54, 1.807) is 6.08 Å². The molecule has 0 aliphatic heterocycles. The third kappa shape index (κ3) is 5.13. The van der Waals surface area contributed by atoms with Crippen LogP contribution in [0.2, 0.25) is 0 Å². The van der Waals surface area contributed by atoms with Crippen molar-refractivity contribution in [3.05, 3.63) is 11.6 Å². The molecule has 0 heterocycles. The summed E-state index contributed by atoms with van der Waals surface area (Å²) in [5.74, 6) is 1.89. The van der Waals surface area contributed by atoms with Gasteiger partial charge in [-0.1, -0.05) is 60.0 Å². The van der Waals surface area contributed by atoms with Crippen molar-refractivity contribution < 1.29 is 29.0 Å². The zero-order valence-corrected chi connectivity index (χ0v) is 25.5. The molecule has 0 amide bonds. The van der Waals surface area contributed by atoms with Crippen molar-refractivity contribution in [1.29, 1.82) is 0 Å². The van der Waals surface area contributed by atoms with E-state index in [9.17, 15) is 19.5 Å². The van der Waals surface area contributed by atoms with Gasteiger partial charge < -0.3 is 14.6 Å². The molecule has 0 aromatic rings. The summed E-state index contributed by atoms with van der Waals surface area (Å²) >= 11 is 0. The predicted molar refractivity (Wildman–Crippen MR) is 151 cm³/mol. The first-order valence-electron chi connectivity index (χ1n) is 15.5. The monoisotopic (exact) mass is 544 g/mol. The van der Waals surface area contributed by atoms with E-state index >= 15 is 0 Å². The van der Waals surface area contributed by atoms with Crippen LogP contribution in [0.25, 0.3) is 0 Å². The van der Waals surface area contributed by atoms with Crippen molar-refractivity contribution in [2.75, 3.05) is 0 Å². The van der Waals surface area contributed by atoms with Gasteiger partial charge in [-0.2, -0.15) is 0 Å². The molecule has 0 unspecified atom stereocenters. The number of ether oxygens (including phenoxy) is 2. The van der Waals surface area contributed by atoms with Gasteiger partial charge in [0, 0.05) is 25.7 Å². The molecule has 0 saturated heterocycles. The van der Waals surface area contributed by atoms with Crippen molar-refractivity contribution in [2.45, 2.75) is 131 Å². The first kappa shape index (κ1) is 30.3. The number of carbonyl (C=O) groups is 3. The standard InChI is InChI=1S/C33H52O6/c1-9-23(19(2)3)11-10-20(4)25-12-13-26-24-16-30(36)33(37)18-29(39-22(6)35)28(38-21(5)34)17-32(33,8)27(24)14-15-31(25,26)7/h16,19-20,23,25-29,37H,9-15,17-18H2,1-8H3/t20-,23-,25-,26+,27+,28+,29-,31-,32-,33+/m1/s1. The van der Waals surface area contributed by atoms with Gasteiger partial charge in [-0.3, -0.25) is 14.4 Å². The van der Waals surface area contributed by atoms with Crippen LogP contribution in [0, 0.1) is 46.3 Å². The topological polar surface area (TPSA) is 89.9 Å². The van der Waals surface area contributed by atoms with Crippen LogP contribution in [0.3, 0.4) is 0 Å². The third-order valence-corrected chi connectivity index (χ3v) is 11.9. The van der Waals surface area contributed by atoms with E-state index in [0.717, 1.165) is 25.2 Å². The maximum absolute atomic E-state index is 13.8. The number of ketones is 1. The van der Waals surface area contributed by atoms with Gasteiger partial charge in [0.2, 0.25) is 0 Å². The first-order chi connectivity index (χ1) is 18.2. The maximum Gasteiger partial charge on any atom is 0.303 e. The molecule has 10 atom stereocenters. The summed E-state index contributed by atoms with van der Waals surface area (Å²) in [5.41, 5.74) is -1.08. The minimum atomic E-state index is -1.65. The fourth-order valence-electron chi connectivity index (χ4n) is 9.66. The number of carbonyl (C=O) groups excluding carboxylic acids is 3. The molecule has 0 aromatic carbocycles. The summed E-state index contributed by atoms with van der Waals surface area (Å²) in [5, 5.41) is 12.0. The average Bonchev–Trinajstić information content (AvgIpc) is 3.18. The Morgan fingerprint density at radius 1 is 0.974 bits per heavy atom. The van der Waals surface area contributed by atoms with Crippen molar-refractivity contribution in [1.82, 2.24) is 0 Å². The van der Waals surface area contributed by atoms with E-state index in [0.29, 0.717) is 30.1 Å². The van der Waals surface area contributed by atoms with Gasteiger partial charge in [0.15, 0.2) is 5.78 Å². The minimum Gasteiger partial charge on any atom is -0.459 e. The van der Waals surface area contributed by atoms with Gasteiger partial charge in [-0.25, -0.2) is 0 Å². The minimum absolute atomic E-state index is 0.0362. The fraction of sp³-hybridized carbons (Fsp3) is 0.848. The van der Waals surface area contributed by atoms with Gasteiger partial charge in [0.05, 0.1) is 0 Å². The van der Waals surface area contributed by atoms with Gasteiger partial charge in [-0.05, 0) is 85.5 Å². The second-order valence-corrected chi connectivity index (χ2v) is 14.3. The van der Waals surface area contributed by atoms with E-state index in [-0.39, 0.29) is 23.5 Å². The van der Waals surface area contributed by atoms with Crippen LogP contribution in [0.15, 0.2) is 11.6 Å². The number of rotatable bonds is 8. The first-order valence-corrected chi connectivity index (χ1v) is 15.5. The van der Waals surface area contributed by atoms with Crippen molar-refractivity contribution >= 4 is 17.7 Å². The molecule has 6 nitrogen and oxygen atoms in total. The highest BCUT2D eigenvalue weighted by Gasteiger charge is 2.67. The third-order valence-electron chi connectivity index (χ3n) is 11.9. The Morgan fingerprint density at radius 2 is 1.59 bits per heavy atom. The Morgan fingerprint density at radius 3 is 2.15 bits per heavy atom. The summed E-state index contributed by atoms with van der Waals surface area (Å²) in [4.78, 5) is 37.6. The van der Waals surface area contributed by atoms with Gasteiger partial charge >= 0.3 is 11.9 Å². The summed E-state index contributed by atoms with van der Waals surface area (Å²) in [6, 6.07) is 0. The molecule has 0 spiro atoms. The molecule has 220 valence electrons. The Hall–Kier alpha value is -1.69. The fourth-order valence-corrected chi connectivity index (χ4v) is 9.66. The van der Waals surface area contributed by atoms with Crippen molar-refractivity contribution in [3.63, 3.8) is 0 Å². The summed E-state index contributed by atoms with van der Waals surface area (Å²) in [7, 11) is 0. The Kier molecular flexibility index (Phi) is 8.50. The number of hydrogen-bond acceptors (Lipinski definition) is 6. The molecule has 3 saturated carbocycles. The largest absolute Gasteiger partial charge is 0.459 e. The lowest BCUT2D eigenvalue weighted by Gasteiger charge is -2.61. The van der Waals surface area contributed by atoms with Crippen LogP contribution in [0.5, 0.6) is 0 Å². The van der Waals surface area contributed by atoms with Crippen LogP contribution < -0.4 is 0 Å². The quantitative estimate of drug-likeness (QED) is 0.354. The molecule has 0 radical (unpaired) electrons. The zero-order valence-electron chi connectivity index (χ0n) is 25.5. The van der Waals surface area contributed by atoms with E-state index in [1.165, 1.54) is 45.1 Å². The maximum atomic E-state index is 13.8. The Balaban J connectivity index is 1.61. The lowest BCUT2D eigenvalue weighted by atomic mass is 9.45. The molecule has 0 aromatic heterocycles. The van der Waals surface area contributed by atoms with Gasteiger partial charge in [0.1, 0.15) is 17.8 Å². The van der Waals surface area contributed by atoms with Crippen LogP contribution in [0.1, 0.15) is 113 Å². The number of esters is 2. The Bertz CT molecular complexity index is 1000. The second-order valence-electron chi connectivity index (χ2n) is 14.3. The molecule has 4 rings (SSSR count). The van der Waals surface area contributed by atoms with Gasteiger partial charge in [0.25, 0.3) is 0 Å². The lowest BCUT2D eigenvalue weighted by molar-refractivity contribution is -0.216. The highest BCUT2D eigenvalue weighted by molar-refractivity contribution is 6.00. The number of allylic oxidation sites excluding steroid dienone is 1. The molecular weight excluding hydrogens is 492 g/mol. The summed E-state index contributed by atoms with van der Waals surface area (Å²) < 4.78 is 11.1. The van der Waals surface area contributed by atoms with Gasteiger partial charge in [-0.15, -0.1) is 0 Å². The number of aliphatic hydroxyl groups is 1. The van der Waals surface area contributed by atoms with Crippen LogP contribution in [0.4, 0.5) is 0 Å². The number of fused-ring (bicyclic) bond motifs is 5. The van der Waals surface area contributed by atoms with Crippen LogP contribution in [-0.4, -0.2) is 40.6 Å². The normalized spacial score (nSPS) is 41.1. The second kappa shape index (κ2) is 10.9. The molecular formula is C33H52O6. The average molecular weight is 545 g/mol. The Labute approximate surface area is 235 Å². The highest BCUT2D eigenvalue weighted by atomic mass is 16.6. The highest BCUT2D eigenvalue weighted by Crippen LogP contribution is 2.67. The van der Waals surface area contributed by atoms with Crippen LogP contribution in [-0.2, 0) is 23.9 Å². The van der Waals surface area contributed by atoms with E-state index in [4.69, 9.17) is 9.47 Å².